The Morgan fingerprint density at radius 1 is 1.12 bits per heavy atom. The lowest BCUT2D eigenvalue weighted by atomic mass is 9.97. The molecule has 0 radical (unpaired) electrons. The van der Waals surface area contributed by atoms with Crippen LogP contribution in [0.4, 0.5) is 10.5 Å². The van der Waals surface area contributed by atoms with Crippen LogP contribution in [0.3, 0.4) is 0 Å². The number of rotatable bonds is 3. The maximum atomic E-state index is 12.7. The average molecular weight is 343 g/mol. The summed E-state index contributed by atoms with van der Waals surface area (Å²) in [6.45, 7) is 6.57. The summed E-state index contributed by atoms with van der Waals surface area (Å²) in [5, 5.41) is 3.12. The van der Waals surface area contributed by atoms with E-state index in [2.05, 4.69) is 28.4 Å². The molecule has 2 aliphatic heterocycles. The maximum Gasteiger partial charge on any atom is 0.321 e. The number of amides is 2. The van der Waals surface area contributed by atoms with Gasteiger partial charge < -0.3 is 15.0 Å². The number of nitrogens with one attached hydrogen (secondary N) is 1. The van der Waals surface area contributed by atoms with E-state index in [0.717, 1.165) is 64.5 Å². The standard InChI is InChI=1S/C20H29N3O2/c24-20(21-19-7-6-17-4-1-5-18(17)13-19)23-8-2-3-16(15-23)14-22-9-11-25-12-10-22/h6-7,13,16H,1-5,8-12,14-15H2,(H,21,24)/t16-/m1/s1. The van der Waals surface area contributed by atoms with Crippen molar-refractivity contribution in [2.45, 2.75) is 32.1 Å². The van der Waals surface area contributed by atoms with Crippen LogP contribution in [0.2, 0.25) is 0 Å². The van der Waals surface area contributed by atoms with Crippen molar-refractivity contribution in [3.05, 3.63) is 29.3 Å². The number of piperidine rings is 1. The van der Waals surface area contributed by atoms with E-state index in [9.17, 15) is 4.79 Å². The average Bonchev–Trinajstić information content (AvgIpc) is 3.10. The zero-order chi connectivity index (χ0) is 17.1. The van der Waals surface area contributed by atoms with E-state index in [0.29, 0.717) is 5.92 Å². The van der Waals surface area contributed by atoms with E-state index in [1.807, 2.05) is 4.90 Å². The minimum absolute atomic E-state index is 0.0598. The molecule has 5 nitrogen and oxygen atoms in total. The number of nitrogens with zero attached hydrogens (tertiary/aromatic N) is 2. The number of carbonyl (C=O) groups is 1. The van der Waals surface area contributed by atoms with Gasteiger partial charge in [-0.1, -0.05) is 6.07 Å². The summed E-state index contributed by atoms with van der Waals surface area (Å²) in [4.78, 5) is 17.2. The third kappa shape index (κ3) is 4.15. The molecule has 3 aliphatic rings. The van der Waals surface area contributed by atoms with Crippen LogP contribution in [0.15, 0.2) is 18.2 Å². The van der Waals surface area contributed by atoms with Crippen molar-refractivity contribution in [1.82, 2.24) is 9.80 Å². The molecule has 0 unspecified atom stereocenters. The molecule has 0 spiro atoms. The van der Waals surface area contributed by atoms with E-state index in [1.54, 1.807) is 0 Å². The fourth-order valence-electron chi connectivity index (χ4n) is 4.40. The number of benzene rings is 1. The van der Waals surface area contributed by atoms with Gasteiger partial charge in [0.05, 0.1) is 13.2 Å². The topological polar surface area (TPSA) is 44.8 Å². The number of anilines is 1. The first kappa shape index (κ1) is 16.9. The van der Waals surface area contributed by atoms with Crippen LogP contribution in [0.1, 0.15) is 30.4 Å². The smallest absolute Gasteiger partial charge is 0.321 e. The van der Waals surface area contributed by atoms with E-state index in [1.165, 1.54) is 30.4 Å². The Balaban J connectivity index is 1.32. The first-order valence-electron chi connectivity index (χ1n) is 9.76. The van der Waals surface area contributed by atoms with E-state index >= 15 is 0 Å². The largest absolute Gasteiger partial charge is 0.379 e. The lowest BCUT2D eigenvalue weighted by molar-refractivity contribution is 0.0252. The SMILES string of the molecule is O=C(Nc1ccc2c(c1)CCC2)N1CCC[C@H](CN2CCOCC2)C1. The Kier molecular flexibility index (Phi) is 5.22. The minimum Gasteiger partial charge on any atom is -0.379 e. The van der Waals surface area contributed by atoms with Crippen LogP contribution in [-0.2, 0) is 17.6 Å². The number of hydrogen-bond acceptors (Lipinski definition) is 3. The number of carbonyl (C=O) groups excluding carboxylic acids is 1. The van der Waals surface area contributed by atoms with Crippen LogP contribution in [0.5, 0.6) is 0 Å². The van der Waals surface area contributed by atoms with Gasteiger partial charge in [-0.3, -0.25) is 4.90 Å². The summed E-state index contributed by atoms with van der Waals surface area (Å²) in [5.41, 5.74) is 3.80. The van der Waals surface area contributed by atoms with Gasteiger partial charge in [0.25, 0.3) is 0 Å². The van der Waals surface area contributed by atoms with E-state index < -0.39 is 0 Å². The summed E-state index contributed by atoms with van der Waals surface area (Å²) < 4.78 is 5.43. The molecule has 5 heteroatoms. The van der Waals surface area contributed by atoms with Crippen molar-refractivity contribution < 1.29 is 9.53 Å². The second kappa shape index (κ2) is 7.75. The molecule has 1 aliphatic carbocycles. The third-order valence-electron chi connectivity index (χ3n) is 5.78. The maximum absolute atomic E-state index is 12.7. The summed E-state index contributed by atoms with van der Waals surface area (Å²) in [7, 11) is 0. The zero-order valence-corrected chi connectivity index (χ0v) is 15.0. The van der Waals surface area contributed by atoms with Gasteiger partial charge in [0.1, 0.15) is 0 Å². The second-order valence-electron chi connectivity index (χ2n) is 7.63. The molecule has 25 heavy (non-hydrogen) atoms. The van der Waals surface area contributed by atoms with Crippen LogP contribution in [0, 0.1) is 5.92 Å². The molecular formula is C20H29N3O2. The Labute approximate surface area is 150 Å². The number of likely N-dealkylation sites (tertiary alicyclic amines) is 1. The predicted molar refractivity (Wildman–Crippen MR) is 99.0 cm³/mol. The van der Waals surface area contributed by atoms with Gasteiger partial charge >= 0.3 is 6.03 Å². The lowest BCUT2D eigenvalue weighted by Crippen LogP contribution is -2.47. The molecule has 136 valence electrons. The number of fused-ring (bicyclic) bond motifs is 1. The molecular weight excluding hydrogens is 314 g/mol. The second-order valence-corrected chi connectivity index (χ2v) is 7.63. The van der Waals surface area contributed by atoms with Crippen molar-refractivity contribution in [3.8, 4) is 0 Å². The molecule has 1 aromatic rings. The van der Waals surface area contributed by atoms with Gasteiger partial charge in [0.2, 0.25) is 0 Å². The fraction of sp³-hybridized carbons (Fsp3) is 0.650. The molecule has 0 aromatic heterocycles. The highest BCUT2D eigenvalue weighted by Crippen LogP contribution is 2.25. The van der Waals surface area contributed by atoms with Crippen LogP contribution < -0.4 is 5.32 Å². The first-order valence-corrected chi connectivity index (χ1v) is 9.76. The summed E-state index contributed by atoms with van der Waals surface area (Å²) in [6, 6.07) is 6.45. The molecule has 4 rings (SSSR count). The van der Waals surface area contributed by atoms with Crippen LogP contribution in [-0.4, -0.2) is 61.8 Å². The Morgan fingerprint density at radius 3 is 2.84 bits per heavy atom. The highest BCUT2D eigenvalue weighted by molar-refractivity contribution is 5.89. The molecule has 1 N–H and O–H groups in total. The van der Waals surface area contributed by atoms with E-state index in [4.69, 9.17) is 4.74 Å². The highest BCUT2D eigenvalue weighted by atomic mass is 16.5. The van der Waals surface area contributed by atoms with Gasteiger partial charge in [0.15, 0.2) is 0 Å². The Bertz CT molecular complexity index is 613. The fourth-order valence-corrected chi connectivity index (χ4v) is 4.40. The molecule has 2 heterocycles. The summed E-state index contributed by atoms with van der Waals surface area (Å²) >= 11 is 0. The molecule has 2 amide bonds. The number of hydrogen-bond donors (Lipinski definition) is 1. The summed E-state index contributed by atoms with van der Waals surface area (Å²) in [5.74, 6) is 0.581. The normalized spacial score (nSPS) is 24.2. The van der Waals surface area contributed by atoms with Gasteiger partial charge in [-0.25, -0.2) is 4.79 Å². The number of urea groups is 1. The monoisotopic (exact) mass is 343 g/mol. The molecule has 2 fully saturated rings. The van der Waals surface area contributed by atoms with Crippen LogP contribution >= 0.6 is 0 Å². The van der Waals surface area contributed by atoms with Gasteiger partial charge in [-0.15, -0.1) is 0 Å². The van der Waals surface area contributed by atoms with Crippen molar-refractivity contribution in [2.24, 2.45) is 5.92 Å². The van der Waals surface area contributed by atoms with Gasteiger partial charge in [-0.05, 0) is 61.3 Å². The molecule has 0 bridgehead atoms. The van der Waals surface area contributed by atoms with Crippen molar-refractivity contribution >= 4 is 11.7 Å². The molecule has 2 saturated heterocycles. The number of aryl methyl sites for hydroxylation is 2. The highest BCUT2D eigenvalue weighted by Gasteiger charge is 2.26. The first-order chi connectivity index (χ1) is 12.3. The van der Waals surface area contributed by atoms with Gasteiger partial charge in [0, 0.05) is 38.4 Å². The third-order valence-corrected chi connectivity index (χ3v) is 5.78. The summed E-state index contributed by atoms with van der Waals surface area (Å²) in [6.07, 6.45) is 5.89. The predicted octanol–water partition coefficient (Wildman–Crippen LogP) is 2.75. The lowest BCUT2D eigenvalue weighted by Gasteiger charge is -2.36. The van der Waals surface area contributed by atoms with Crippen molar-refractivity contribution in [3.63, 3.8) is 0 Å². The Hall–Kier alpha value is -1.59. The minimum atomic E-state index is 0.0598. The number of morpholine rings is 1. The zero-order valence-electron chi connectivity index (χ0n) is 15.0. The van der Waals surface area contributed by atoms with Crippen molar-refractivity contribution in [1.29, 1.82) is 0 Å². The molecule has 0 saturated carbocycles. The number of ether oxygens (including phenoxy) is 1. The quantitative estimate of drug-likeness (QED) is 0.918. The van der Waals surface area contributed by atoms with Crippen LogP contribution in [0.25, 0.3) is 0 Å². The Morgan fingerprint density at radius 2 is 1.96 bits per heavy atom. The molecule has 1 aromatic carbocycles. The molecule has 1 atom stereocenters. The van der Waals surface area contributed by atoms with Gasteiger partial charge in [-0.2, -0.15) is 0 Å². The van der Waals surface area contributed by atoms with Crippen molar-refractivity contribution in [2.75, 3.05) is 51.3 Å². The van der Waals surface area contributed by atoms with E-state index in [-0.39, 0.29) is 6.03 Å².